The van der Waals surface area contributed by atoms with Crippen LogP contribution >= 0.6 is 37.2 Å². The highest BCUT2D eigenvalue weighted by atomic mass is 35.5. The fraction of sp³-hybridized carbons (Fsp3) is 0.450. The standard InChI is InChI=1S/C20H26N4O.3ClH/c1-2-5-17(6-3-1)15-23-13-14-25-20-18(16-23)7-8-19(22-20)24-11-4-9-21-10-12-24;;;/h1-3,5-8,21H,4,9-16H2;3*1H. The van der Waals surface area contributed by atoms with Gasteiger partial charge in [-0.05, 0) is 30.7 Å². The minimum atomic E-state index is 0. The van der Waals surface area contributed by atoms with Crippen molar-refractivity contribution in [2.75, 3.05) is 44.2 Å². The average Bonchev–Trinajstić information content (AvgIpc) is 3.02. The van der Waals surface area contributed by atoms with E-state index in [1.807, 2.05) is 0 Å². The van der Waals surface area contributed by atoms with Gasteiger partial charge in [-0.3, -0.25) is 4.90 Å². The van der Waals surface area contributed by atoms with Crippen molar-refractivity contribution in [3.8, 4) is 5.88 Å². The Labute approximate surface area is 186 Å². The van der Waals surface area contributed by atoms with Crippen LogP contribution in [0.2, 0.25) is 0 Å². The predicted molar refractivity (Wildman–Crippen MR) is 122 cm³/mol. The van der Waals surface area contributed by atoms with E-state index < -0.39 is 0 Å². The summed E-state index contributed by atoms with van der Waals surface area (Å²) in [6.45, 7) is 7.62. The van der Waals surface area contributed by atoms with Crippen LogP contribution in [-0.4, -0.2) is 49.2 Å². The maximum Gasteiger partial charge on any atom is 0.219 e. The third-order valence-electron chi connectivity index (χ3n) is 4.88. The summed E-state index contributed by atoms with van der Waals surface area (Å²) in [4.78, 5) is 9.62. The third-order valence-corrected chi connectivity index (χ3v) is 4.88. The first-order valence-corrected chi connectivity index (χ1v) is 9.23. The molecule has 5 nitrogen and oxygen atoms in total. The largest absolute Gasteiger partial charge is 0.476 e. The van der Waals surface area contributed by atoms with Gasteiger partial charge in [0.15, 0.2) is 0 Å². The average molecular weight is 448 g/mol. The van der Waals surface area contributed by atoms with E-state index in [-0.39, 0.29) is 37.2 Å². The molecule has 0 unspecified atom stereocenters. The molecule has 2 aromatic rings. The monoisotopic (exact) mass is 446 g/mol. The molecular formula is C20H29Cl3N4O. The second-order valence-electron chi connectivity index (χ2n) is 6.77. The number of ether oxygens (including phenoxy) is 1. The molecule has 1 aromatic carbocycles. The first kappa shape index (κ1) is 24.8. The highest BCUT2D eigenvalue weighted by Gasteiger charge is 2.19. The topological polar surface area (TPSA) is 40.6 Å². The van der Waals surface area contributed by atoms with Gasteiger partial charge in [0.1, 0.15) is 12.4 Å². The summed E-state index contributed by atoms with van der Waals surface area (Å²) < 4.78 is 5.98. The van der Waals surface area contributed by atoms with Gasteiger partial charge in [0.25, 0.3) is 0 Å². The van der Waals surface area contributed by atoms with Gasteiger partial charge in [-0.25, -0.2) is 0 Å². The van der Waals surface area contributed by atoms with Crippen molar-refractivity contribution < 1.29 is 4.74 Å². The normalized spacial score (nSPS) is 16.8. The van der Waals surface area contributed by atoms with E-state index >= 15 is 0 Å². The number of rotatable bonds is 3. The molecule has 1 aromatic heterocycles. The van der Waals surface area contributed by atoms with Gasteiger partial charge in [0.05, 0.1) is 0 Å². The van der Waals surface area contributed by atoms with Gasteiger partial charge < -0.3 is 15.0 Å². The van der Waals surface area contributed by atoms with E-state index in [1.165, 1.54) is 11.1 Å². The zero-order valence-corrected chi connectivity index (χ0v) is 18.3. The van der Waals surface area contributed by atoms with Gasteiger partial charge >= 0.3 is 0 Å². The number of benzene rings is 1. The minimum Gasteiger partial charge on any atom is -0.476 e. The minimum absolute atomic E-state index is 0. The van der Waals surface area contributed by atoms with Crippen molar-refractivity contribution in [2.45, 2.75) is 19.5 Å². The molecular weight excluding hydrogens is 419 g/mol. The molecule has 1 N–H and O–H groups in total. The molecule has 2 aliphatic rings. The molecule has 0 atom stereocenters. The molecule has 0 bridgehead atoms. The van der Waals surface area contributed by atoms with Crippen LogP contribution in [0, 0.1) is 0 Å². The van der Waals surface area contributed by atoms with Crippen molar-refractivity contribution >= 4 is 43.0 Å². The predicted octanol–water partition coefficient (Wildman–Crippen LogP) is 3.54. The maximum atomic E-state index is 5.98. The molecule has 0 spiro atoms. The summed E-state index contributed by atoms with van der Waals surface area (Å²) >= 11 is 0. The molecule has 4 rings (SSSR count). The summed E-state index contributed by atoms with van der Waals surface area (Å²) in [6.07, 6.45) is 1.16. The lowest BCUT2D eigenvalue weighted by molar-refractivity contribution is 0.217. The molecule has 156 valence electrons. The Balaban J connectivity index is 0.00000131. The molecule has 28 heavy (non-hydrogen) atoms. The van der Waals surface area contributed by atoms with Crippen LogP contribution in [-0.2, 0) is 13.1 Å². The van der Waals surface area contributed by atoms with Crippen molar-refractivity contribution in [2.24, 2.45) is 0 Å². The van der Waals surface area contributed by atoms with Crippen LogP contribution in [0.15, 0.2) is 42.5 Å². The highest BCUT2D eigenvalue weighted by Crippen LogP contribution is 2.25. The van der Waals surface area contributed by atoms with Gasteiger partial charge in [-0.1, -0.05) is 30.3 Å². The number of nitrogens with one attached hydrogen (secondary N) is 1. The molecule has 1 saturated heterocycles. The van der Waals surface area contributed by atoms with Gasteiger partial charge in [0.2, 0.25) is 5.88 Å². The van der Waals surface area contributed by atoms with Crippen LogP contribution in [0.4, 0.5) is 5.82 Å². The number of fused-ring (bicyclic) bond motifs is 1. The third kappa shape index (κ3) is 6.39. The van der Waals surface area contributed by atoms with Crippen molar-refractivity contribution in [1.82, 2.24) is 15.2 Å². The first-order valence-electron chi connectivity index (χ1n) is 9.23. The Hall–Kier alpha value is -1.24. The fourth-order valence-corrected chi connectivity index (χ4v) is 3.52. The highest BCUT2D eigenvalue weighted by molar-refractivity contribution is 5.86. The van der Waals surface area contributed by atoms with Crippen LogP contribution in [0.3, 0.4) is 0 Å². The number of halogens is 3. The SMILES string of the molecule is Cl.Cl.Cl.c1ccc(CN2CCOc3nc(N4CCCNCC4)ccc3C2)cc1. The zero-order valence-electron chi connectivity index (χ0n) is 15.9. The fourth-order valence-electron chi connectivity index (χ4n) is 3.52. The number of anilines is 1. The number of hydrogen-bond donors (Lipinski definition) is 1. The Morgan fingerprint density at radius 3 is 2.57 bits per heavy atom. The maximum absolute atomic E-state index is 5.98. The molecule has 0 radical (unpaired) electrons. The number of hydrogen-bond acceptors (Lipinski definition) is 5. The van der Waals surface area contributed by atoms with Crippen LogP contribution in [0.1, 0.15) is 17.5 Å². The molecule has 8 heteroatoms. The number of nitrogens with zero attached hydrogens (tertiary/aromatic N) is 3. The second kappa shape index (κ2) is 12.3. The summed E-state index contributed by atoms with van der Waals surface area (Å²) in [5.74, 6) is 1.85. The van der Waals surface area contributed by atoms with Crippen LogP contribution < -0.4 is 15.0 Å². The van der Waals surface area contributed by atoms with E-state index in [0.717, 1.165) is 63.9 Å². The van der Waals surface area contributed by atoms with Crippen molar-refractivity contribution in [3.05, 3.63) is 53.6 Å². The summed E-state index contributed by atoms with van der Waals surface area (Å²) in [6, 6.07) is 15.0. The Morgan fingerprint density at radius 2 is 1.75 bits per heavy atom. The van der Waals surface area contributed by atoms with E-state index in [1.54, 1.807) is 0 Å². The van der Waals surface area contributed by atoms with Crippen molar-refractivity contribution in [1.29, 1.82) is 0 Å². The summed E-state index contributed by atoms with van der Waals surface area (Å²) in [5.41, 5.74) is 2.53. The molecule has 2 aliphatic heterocycles. The molecule has 0 saturated carbocycles. The summed E-state index contributed by atoms with van der Waals surface area (Å²) in [5, 5.41) is 3.44. The molecule has 0 amide bonds. The van der Waals surface area contributed by atoms with Crippen LogP contribution in [0.5, 0.6) is 5.88 Å². The number of pyridine rings is 1. The summed E-state index contributed by atoms with van der Waals surface area (Å²) in [7, 11) is 0. The first-order chi connectivity index (χ1) is 12.4. The Kier molecular flexibility index (Phi) is 10.9. The van der Waals surface area contributed by atoms with Crippen molar-refractivity contribution in [3.63, 3.8) is 0 Å². The lowest BCUT2D eigenvalue weighted by Crippen LogP contribution is -2.28. The lowest BCUT2D eigenvalue weighted by atomic mass is 10.2. The number of aromatic nitrogens is 1. The Bertz CT molecular complexity index is 697. The quantitative estimate of drug-likeness (QED) is 0.779. The van der Waals surface area contributed by atoms with Gasteiger partial charge in [-0.2, -0.15) is 4.98 Å². The van der Waals surface area contributed by atoms with E-state index in [4.69, 9.17) is 9.72 Å². The van der Waals surface area contributed by atoms with Crippen LogP contribution in [0.25, 0.3) is 0 Å². The Morgan fingerprint density at radius 1 is 0.929 bits per heavy atom. The second-order valence-corrected chi connectivity index (χ2v) is 6.77. The van der Waals surface area contributed by atoms with E-state index in [9.17, 15) is 0 Å². The smallest absolute Gasteiger partial charge is 0.219 e. The molecule has 3 heterocycles. The lowest BCUT2D eigenvalue weighted by Gasteiger charge is -2.22. The van der Waals surface area contributed by atoms with E-state index in [0.29, 0.717) is 6.61 Å². The molecule has 1 fully saturated rings. The van der Waals surface area contributed by atoms with E-state index in [2.05, 4.69) is 57.6 Å². The molecule has 0 aliphatic carbocycles. The van der Waals surface area contributed by atoms with Gasteiger partial charge in [-0.15, -0.1) is 37.2 Å². The zero-order chi connectivity index (χ0) is 16.9. The van der Waals surface area contributed by atoms with Gasteiger partial charge in [0, 0.05) is 44.8 Å².